The van der Waals surface area contributed by atoms with Crippen LogP contribution in [0.2, 0.25) is 0 Å². The van der Waals surface area contributed by atoms with Gasteiger partial charge in [-0.2, -0.15) is 0 Å². The van der Waals surface area contributed by atoms with Crippen molar-refractivity contribution in [3.63, 3.8) is 0 Å². The van der Waals surface area contributed by atoms with E-state index < -0.39 is 0 Å². The van der Waals surface area contributed by atoms with Crippen molar-refractivity contribution >= 4 is 35.3 Å². The lowest BCUT2D eigenvalue weighted by atomic mass is 10.0. The Hall–Kier alpha value is -4.53. The zero-order valence-electron chi connectivity index (χ0n) is 32.4. The quantitative estimate of drug-likeness (QED) is 0.162. The number of ether oxygens (including phenoxy) is 2. The minimum absolute atomic E-state index is 0.0607. The Kier molecular flexibility index (Phi) is 32.9. The molecule has 11 heteroatoms. The highest BCUT2D eigenvalue weighted by Crippen LogP contribution is 2.39. The van der Waals surface area contributed by atoms with E-state index in [9.17, 15) is 14.4 Å². The smallest absolute Gasteiger partial charge is 0.292 e. The van der Waals surface area contributed by atoms with Crippen molar-refractivity contribution in [3.8, 4) is 12.3 Å². The molecular weight excluding hydrogens is 634 g/mol. The van der Waals surface area contributed by atoms with Crippen LogP contribution in [0.25, 0.3) is 10.9 Å². The van der Waals surface area contributed by atoms with Gasteiger partial charge in [-0.1, -0.05) is 67.7 Å². The van der Waals surface area contributed by atoms with Crippen molar-refractivity contribution in [2.75, 3.05) is 39.3 Å². The molecule has 1 amide bonds. The Morgan fingerprint density at radius 3 is 2.06 bits per heavy atom. The van der Waals surface area contributed by atoms with Gasteiger partial charge in [-0.25, -0.2) is 4.98 Å². The predicted molar refractivity (Wildman–Crippen MR) is 208 cm³/mol. The first-order chi connectivity index (χ1) is 24.2. The Bertz CT molecular complexity index is 1410. The molecule has 280 valence electrons. The number of aldehydes is 1. The summed E-state index contributed by atoms with van der Waals surface area (Å²) in [5, 5.41) is 3.04. The van der Waals surface area contributed by atoms with Gasteiger partial charge in [-0.05, 0) is 73.3 Å². The van der Waals surface area contributed by atoms with Gasteiger partial charge in [0, 0.05) is 31.8 Å². The van der Waals surface area contributed by atoms with Crippen LogP contribution in [-0.4, -0.2) is 63.0 Å². The summed E-state index contributed by atoms with van der Waals surface area (Å²) >= 11 is 0. The summed E-state index contributed by atoms with van der Waals surface area (Å²) in [6.45, 7) is 18.0. The lowest BCUT2D eigenvalue weighted by molar-refractivity contribution is -0.126. The van der Waals surface area contributed by atoms with Gasteiger partial charge in [-0.15, -0.1) is 6.42 Å². The highest BCUT2D eigenvalue weighted by molar-refractivity contribution is 5.80. The van der Waals surface area contributed by atoms with Crippen LogP contribution < -0.4 is 21.5 Å². The maximum atomic E-state index is 12.6. The molecule has 1 aromatic heterocycles. The number of H-pyrrole nitrogens is 1. The zero-order valence-corrected chi connectivity index (χ0v) is 32.4. The van der Waals surface area contributed by atoms with Crippen molar-refractivity contribution in [1.29, 1.82) is 0 Å². The summed E-state index contributed by atoms with van der Waals surface area (Å²) in [4.78, 5) is 52.0. The number of nitrogens with zero attached hydrogens (tertiary/aromatic N) is 2. The summed E-state index contributed by atoms with van der Waals surface area (Å²) in [5.74, 6) is 3.34. The number of nitrogens with one attached hydrogen (secondary N) is 2. The average molecular weight is 698 g/mol. The van der Waals surface area contributed by atoms with Crippen molar-refractivity contribution in [2.45, 2.75) is 100 Å². The minimum Gasteiger partial charge on any atom is -0.471 e. The first-order valence-electron chi connectivity index (χ1n) is 17.4. The number of carbonyl (C=O) groups is 3. The number of nitrogens with two attached hydrogens (primary N) is 1. The highest BCUT2D eigenvalue weighted by Gasteiger charge is 2.29. The fourth-order valence-electron chi connectivity index (χ4n) is 4.20. The molecule has 1 atom stereocenters. The molecule has 0 saturated heterocycles. The maximum absolute atomic E-state index is 12.6. The fraction of sp³-hybridized carbons (Fsp3) is 0.513. The SMILES string of the molecule is C#CCN(c1ccc(C=O)cc1)C1CCc2cc3nc(COC)[nH]c(=O)c3cc21.CC.CC.CCC.CCC(=O)NC.CCCN.COC=O. The zero-order chi connectivity index (χ0) is 38.9. The first kappa shape index (κ1) is 49.9. The molecule has 4 N–H and O–H groups in total. The number of amides is 1. The summed E-state index contributed by atoms with van der Waals surface area (Å²) in [7, 11) is 4.51. The van der Waals surface area contributed by atoms with Gasteiger partial charge in [0.25, 0.3) is 12.0 Å². The van der Waals surface area contributed by atoms with Gasteiger partial charge in [0.2, 0.25) is 5.91 Å². The molecule has 0 saturated carbocycles. The van der Waals surface area contributed by atoms with E-state index >= 15 is 0 Å². The van der Waals surface area contributed by atoms with Crippen molar-refractivity contribution in [2.24, 2.45) is 5.73 Å². The van der Waals surface area contributed by atoms with Gasteiger partial charge in [0.1, 0.15) is 18.7 Å². The molecular formula is C39H63N5O6. The van der Waals surface area contributed by atoms with Crippen LogP contribution in [-0.2, 0) is 32.1 Å². The molecule has 4 rings (SSSR count). The largest absolute Gasteiger partial charge is 0.471 e. The number of anilines is 1. The molecule has 0 radical (unpaired) electrons. The van der Waals surface area contributed by atoms with Crippen molar-refractivity contribution in [3.05, 3.63) is 69.3 Å². The van der Waals surface area contributed by atoms with Crippen LogP contribution in [0.15, 0.2) is 41.2 Å². The molecule has 3 aromatic rings. The summed E-state index contributed by atoms with van der Waals surface area (Å²) in [6, 6.07) is 11.4. The number of rotatable bonds is 9. The number of aromatic nitrogens is 2. The van der Waals surface area contributed by atoms with Gasteiger partial charge in [0.05, 0.1) is 30.6 Å². The molecule has 50 heavy (non-hydrogen) atoms. The number of methoxy groups -OCH3 is 2. The molecule has 1 aliphatic rings. The predicted octanol–water partition coefficient (Wildman–Crippen LogP) is 6.76. The van der Waals surface area contributed by atoms with Gasteiger partial charge in [0.15, 0.2) is 0 Å². The van der Waals surface area contributed by atoms with Crippen molar-refractivity contribution < 1.29 is 23.9 Å². The Labute approximate surface area is 300 Å². The Morgan fingerprint density at radius 1 is 1.10 bits per heavy atom. The molecule has 1 heterocycles. The first-order valence-corrected chi connectivity index (χ1v) is 17.4. The third-order valence-electron chi connectivity index (χ3n) is 6.33. The standard InChI is InChI=1S/C23H21N3O3.C4H9NO.C3H9N.C3H8.C2H4O2.2C2H6/c1-3-10-26(17-7-4-15(13-27)5-8-17)21-9-6-16-11-20-19(12-18(16)21)23(28)25-22(24-20)14-29-2;1-3-4(6)5-2;1-2-3-4;1-3-2;1-4-2-3;2*1-2/h1,4-5,7-8,11-13,21H,6,9-10,14H2,2H3,(H,24,25,28);3H2,1-2H3,(H,5,6);2-4H2,1H3;3H2,1-2H3;2H,1H3;2*1-2H3. The Morgan fingerprint density at radius 2 is 1.66 bits per heavy atom. The van der Waals surface area contributed by atoms with Crippen LogP contribution in [0.1, 0.15) is 114 Å². The lowest BCUT2D eigenvalue weighted by Gasteiger charge is -2.30. The number of hydrogen-bond acceptors (Lipinski definition) is 9. The number of benzene rings is 2. The van der Waals surface area contributed by atoms with Crippen LogP contribution in [0, 0.1) is 12.3 Å². The monoisotopic (exact) mass is 697 g/mol. The molecule has 1 aliphatic carbocycles. The van der Waals surface area contributed by atoms with Gasteiger partial charge in [-0.3, -0.25) is 19.2 Å². The van der Waals surface area contributed by atoms with E-state index in [2.05, 4.69) is 51.6 Å². The lowest BCUT2D eigenvalue weighted by Crippen LogP contribution is -2.28. The molecule has 0 spiro atoms. The number of terminal acetylenes is 1. The molecule has 0 bridgehead atoms. The van der Waals surface area contributed by atoms with Crippen LogP contribution in [0.3, 0.4) is 0 Å². The normalized spacial score (nSPS) is 11.3. The molecule has 0 aliphatic heterocycles. The number of hydrogen-bond donors (Lipinski definition) is 3. The summed E-state index contributed by atoms with van der Waals surface area (Å²) in [6.07, 6.45) is 11.2. The third-order valence-corrected chi connectivity index (χ3v) is 6.33. The topological polar surface area (TPSA) is 157 Å². The molecule has 0 fully saturated rings. The minimum atomic E-state index is -0.172. The molecule has 1 unspecified atom stereocenters. The van der Waals surface area contributed by atoms with E-state index in [4.69, 9.17) is 21.7 Å². The number of fused-ring (bicyclic) bond motifs is 2. The number of aromatic amines is 1. The van der Waals surface area contributed by atoms with Gasteiger partial charge < -0.3 is 30.4 Å². The summed E-state index contributed by atoms with van der Waals surface area (Å²) in [5.41, 5.74) is 9.38. The van der Waals surface area contributed by atoms with E-state index in [1.807, 2.05) is 58.9 Å². The molecule has 11 nitrogen and oxygen atoms in total. The molecule has 2 aromatic carbocycles. The van der Waals surface area contributed by atoms with Crippen molar-refractivity contribution in [1.82, 2.24) is 15.3 Å². The van der Waals surface area contributed by atoms with E-state index in [1.165, 1.54) is 19.1 Å². The Balaban J connectivity index is -0.000000870. The van der Waals surface area contributed by atoms with E-state index in [0.717, 1.165) is 43.3 Å². The highest BCUT2D eigenvalue weighted by atomic mass is 16.5. The summed E-state index contributed by atoms with van der Waals surface area (Å²) < 4.78 is 8.95. The number of carbonyl (C=O) groups excluding carboxylic acids is 3. The van der Waals surface area contributed by atoms with E-state index in [0.29, 0.717) is 41.7 Å². The second kappa shape index (κ2) is 33.0. The average Bonchev–Trinajstić information content (AvgIpc) is 3.57. The van der Waals surface area contributed by atoms with E-state index in [-0.39, 0.29) is 24.1 Å². The van der Waals surface area contributed by atoms with Crippen LogP contribution in [0.4, 0.5) is 5.69 Å². The third kappa shape index (κ3) is 18.9. The van der Waals surface area contributed by atoms with Crippen LogP contribution in [0.5, 0.6) is 0 Å². The second-order valence-electron chi connectivity index (χ2n) is 9.96. The van der Waals surface area contributed by atoms with E-state index in [1.54, 1.807) is 26.3 Å². The maximum Gasteiger partial charge on any atom is 0.292 e. The van der Waals surface area contributed by atoms with Crippen LogP contribution >= 0.6 is 0 Å². The number of aryl methyl sites for hydroxylation is 1. The van der Waals surface area contributed by atoms with Gasteiger partial charge >= 0.3 is 0 Å². The fourth-order valence-corrected chi connectivity index (χ4v) is 4.20. The second-order valence-corrected chi connectivity index (χ2v) is 9.96.